The first-order valence-corrected chi connectivity index (χ1v) is 10.6. The van der Waals surface area contributed by atoms with E-state index in [1.807, 2.05) is 67.6 Å². The molecular formula is C25H22N4O3S. The van der Waals surface area contributed by atoms with Crippen molar-refractivity contribution in [1.82, 2.24) is 14.9 Å². The third-order valence-electron chi connectivity index (χ3n) is 5.02. The van der Waals surface area contributed by atoms with E-state index in [1.165, 1.54) is 7.11 Å². The Labute approximate surface area is 196 Å². The first-order valence-electron chi connectivity index (χ1n) is 10.2. The quantitative estimate of drug-likeness (QED) is 0.235. The molecule has 8 heteroatoms. The maximum Gasteiger partial charge on any atom is 0.337 e. The number of aromatic amines is 1. The van der Waals surface area contributed by atoms with Crippen LogP contribution >= 0.6 is 12.2 Å². The maximum atomic E-state index is 11.5. The molecule has 0 unspecified atom stereocenters. The molecule has 0 bridgehead atoms. The highest BCUT2D eigenvalue weighted by Gasteiger charge is 2.10. The van der Waals surface area contributed by atoms with Crippen molar-refractivity contribution in [3.05, 3.63) is 99.8 Å². The number of H-pyrrole nitrogens is 1. The van der Waals surface area contributed by atoms with Crippen LogP contribution in [0.5, 0.6) is 5.75 Å². The van der Waals surface area contributed by atoms with E-state index >= 15 is 0 Å². The largest absolute Gasteiger partial charge is 0.489 e. The molecule has 166 valence electrons. The van der Waals surface area contributed by atoms with E-state index in [1.54, 1.807) is 23.0 Å². The Morgan fingerprint density at radius 2 is 1.82 bits per heavy atom. The molecule has 1 aromatic heterocycles. The molecular weight excluding hydrogens is 436 g/mol. The lowest BCUT2D eigenvalue weighted by Gasteiger charge is -2.07. The standard InChI is InChI=1S/C25H22N4O3S/c1-17-5-3-4-6-22(17)23-27-28-25(33)29(23)26-15-18-9-13-21(14-10-18)32-16-19-7-11-20(12-8-19)24(30)31-2/h3-15H,16H2,1-2H3,(H,28,33)/b26-15+. The van der Waals surface area contributed by atoms with Gasteiger partial charge >= 0.3 is 5.97 Å². The number of nitrogens with zero attached hydrogens (tertiary/aromatic N) is 3. The van der Waals surface area contributed by atoms with Gasteiger partial charge in [-0.1, -0.05) is 36.4 Å². The smallest absolute Gasteiger partial charge is 0.337 e. The number of rotatable bonds is 7. The van der Waals surface area contributed by atoms with E-state index in [0.717, 1.165) is 28.0 Å². The lowest BCUT2D eigenvalue weighted by Crippen LogP contribution is -2.02. The zero-order valence-corrected chi connectivity index (χ0v) is 19.0. The SMILES string of the molecule is COC(=O)c1ccc(COc2ccc(/C=N/n3c(-c4ccccc4C)n[nH]c3=S)cc2)cc1. The number of carbonyl (C=O) groups excluding carboxylic acids is 1. The number of methoxy groups -OCH3 is 1. The van der Waals surface area contributed by atoms with E-state index in [9.17, 15) is 4.79 Å². The minimum absolute atomic E-state index is 0.359. The van der Waals surface area contributed by atoms with Crippen molar-refractivity contribution in [3.8, 4) is 17.1 Å². The number of aryl methyl sites for hydroxylation is 1. The molecule has 7 nitrogen and oxygen atoms in total. The average molecular weight is 459 g/mol. The molecule has 4 rings (SSSR count). The Balaban J connectivity index is 1.42. The molecule has 0 fully saturated rings. The summed E-state index contributed by atoms with van der Waals surface area (Å²) in [5, 5.41) is 11.7. The Kier molecular flexibility index (Phi) is 6.75. The Morgan fingerprint density at radius 3 is 2.52 bits per heavy atom. The van der Waals surface area contributed by atoms with Crippen molar-refractivity contribution < 1.29 is 14.3 Å². The van der Waals surface area contributed by atoms with Gasteiger partial charge in [-0.2, -0.15) is 14.9 Å². The molecule has 0 saturated carbocycles. The van der Waals surface area contributed by atoms with Gasteiger partial charge in [0.05, 0.1) is 18.9 Å². The van der Waals surface area contributed by atoms with E-state index in [0.29, 0.717) is 22.8 Å². The van der Waals surface area contributed by atoms with Crippen LogP contribution in [-0.4, -0.2) is 34.2 Å². The van der Waals surface area contributed by atoms with Crippen LogP contribution in [0.25, 0.3) is 11.4 Å². The molecule has 3 aromatic carbocycles. The van der Waals surface area contributed by atoms with Gasteiger partial charge in [0.1, 0.15) is 12.4 Å². The van der Waals surface area contributed by atoms with Crippen LogP contribution < -0.4 is 4.74 Å². The van der Waals surface area contributed by atoms with Gasteiger partial charge in [-0.25, -0.2) is 9.89 Å². The highest BCUT2D eigenvalue weighted by molar-refractivity contribution is 7.71. The van der Waals surface area contributed by atoms with Crippen LogP contribution in [0.2, 0.25) is 0 Å². The fraction of sp³-hybridized carbons (Fsp3) is 0.120. The second-order valence-corrected chi connectivity index (χ2v) is 7.66. The predicted octanol–water partition coefficient (Wildman–Crippen LogP) is 5.16. The molecule has 0 atom stereocenters. The second kappa shape index (κ2) is 10.1. The Morgan fingerprint density at radius 1 is 1.09 bits per heavy atom. The van der Waals surface area contributed by atoms with Crippen LogP contribution in [0.3, 0.4) is 0 Å². The number of carbonyl (C=O) groups is 1. The Bertz CT molecular complexity index is 1340. The van der Waals surface area contributed by atoms with Crippen molar-refractivity contribution in [1.29, 1.82) is 0 Å². The van der Waals surface area contributed by atoms with Crippen molar-refractivity contribution in [2.24, 2.45) is 5.10 Å². The third kappa shape index (κ3) is 5.24. The highest BCUT2D eigenvalue weighted by Crippen LogP contribution is 2.21. The van der Waals surface area contributed by atoms with Gasteiger partial charge in [-0.3, -0.25) is 0 Å². The first kappa shape index (κ1) is 22.2. The topological polar surface area (TPSA) is 81.5 Å². The van der Waals surface area contributed by atoms with Crippen LogP contribution in [0.4, 0.5) is 0 Å². The minimum Gasteiger partial charge on any atom is -0.489 e. The molecule has 4 aromatic rings. The molecule has 0 radical (unpaired) electrons. The molecule has 33 heavy (non-hydrogen) atoms. The number of hydrogen-bond donors (Lipinski definition) is 1. The summed E-state index contributed by atoms with van der Waals surface area (Å²) in [5.41, 5.74) is 4.40. The first-order chi connectivity index (χ1) is 16.0. The molecule has 0 spiro atoms. The summed E-state index contributed by atoms with van der Waals surface area (Å²) in [6.45, 7) is 2.41. The molecule has 0 aliphatic heterocycles. The van der Waals surface area contributed by atoms with Gasteiger partial charge < -0.3 is 9.47 Å². The zero-order chi connectivity index (χ0) is 23.2. The molecule has 0 aliphatic carbocycles. The van der Waals surface area contributed by atoms with Crippen LogP contribution in [0, 0.1) is 11.7 Å². The maximum absolute atomic E-state index is 11.5. The lowest BCUT2D eigenvalue weighted by molar-refractivity contribution is 0.0600. The zero-order valence-electron chi connectivity index (χ0n) is 18.2. The summed E-state index contributed by atoms with van der Waals surface area (Å²) >= 11 is 5.35. The monoisotopic (exact) mass is 458 g/mol. The number of aromatic nitrogens is 3. The molecule has 0 amide bonds. The van der Waals surface area contributed by atoms with E-state index in [4.69, 9.17) is 21.7 Å². The van der Waals surface area contributed by atoms with Crippen molar-refractivity contribution in [2.75, 3.05) is 7.11 Å². The van der Waals surface area contributed by atoms with Crippen molar-refractivity contribution >= 4 is 24.4 Å². The molecule has 1 heterocycles. The normalized spacial score (nSPS) is 11.0. The molecule has 0 aliphatic rings. The van der Waals surface area contributed by atoms with Gasteiger partial charge in [0.25, 0.3) is 0 Å². The fourth-order valence-corrected chi connectivity index (χ4v) is 3.37. The van der Waals surface area contributed by atoms with Crippen molar-refractivity contribution in [3.63, 3.8) is 0 Å². The summed E-state index contributed by atoms with van der Waals surface area (Å²) in [6, 6.07) is 22.6. The summed E-state index contributed by atoms with van der Waals surface area (Å²) in [5.74, 6) is 1.03. The van der Waals surface area contributed by atoms with Gasteiger partial charge in [0.2, 0.25) is 4.77 Å². The number of benzene rings is 3. The summed E-state index contributed by atoms with van der Waals surface area (Å²) < 4.78 is 12.6. The van der Waals surface area contributed by atoms with Gasteiger partial charge in [-0.05, 0) is 72.2 Å². The van der Waals surface area contributed by atoms with Gasteiger partial charge in [0, 0.05) is 5.56 Å². The third-order valence-corrected chi connectivity index (χ3v) is 5.28. The van der Waals surface area contributed by atoms with E-state index < -0.39 is 0 Å². The Hall–Kier alpha value is -4.04. The van der Waals surface area contributed by atoms with Gasteiger partial charge in [-0.15, -0.1) is 0 Å². The fourth-order valence-electron chi connectivity index (χ4n) is 3.19. The minimum atomic E-state index is -0.359. The molecule has 0 saturated heterocycles. The number of nitrogens with one attached hydrogen (secondary N) is 1. The summed E-state index contributed by atoms with van der Waals surface area (Å²) in [7, 11) is 1.36. The highest BCUT2D eigenvalue weighted by atomic mass is 32.1. The van der Waals surface area contributed by atoms with Crippen LogP contribution in [-0.2, 0) is 11.3 Å². The van der Waals surface area contributed by atoms with Crippen molar-refractivity contribution in [2.45, 2.75) is 13.5 Å². The van der Waals surface area contributed by atoms with E-state index in [-0.39, 0.29) is 5.97 Å². The lowest BCUT2D eigenvalue weighted by atomic mass is 10.1. The van der Waals surface area contributed by atoms with Crippen LogP contribution in [0.15, 0.2) is 77.9 Å². The van der Waals surface area contributed by atoms with E-state index in [2.05, 4.69) is 15.3 Å². The predicted molar refractivity (Wildman–Crippen MR) is 129 cm³/mol. The summed E-state index contributed by atoms with van der Waals surface area (Å²) in [6.07, 6.45) is 1.72. The summed E-state index contributed by atoms with van der Waals surface area (Å²) in [4.78, 5) is 11.5. The number of esters is 1. The second-order valence-electron chi connectivity index (χ2n) is 7.27. The number of ether oxygens (including phenoxy) is 2. The van der Waals surface area contributed by atoms with Crippen LogP contribution in [0.1, 0.15) is 27.0 Å². The average Bonchev–Trinajstić information content (AvgIpc) is 3.22. The van der Waals surface area contributed by atoms with Gasteiger partial charge in [0.15, 0.2) is 5.82 Å². The molecule has 1 N–H and O–H groups in total. The number of hydrogen-bond acceptors (Lipinski definition) is 6.